The second-order valence-electron chi connectivity index (χ2n) is 3.72. The number of aromatic amines is 1. The number of H-pyrrole nitrogens is 1. The summed E-state index contributed by atoms with van der Waals surface area (Å²) in [6, 6.07) is 0.685. The van der Waals surface area contributed by atoms with Crippen LogP contribution < -0.4 is 5.32 Å². The molecule has 1 fully saturated rings. The van der Waals surface area contributed by atoms with Crippen LogP contribution in [-0.4, -0.2) is 33.5 Å². The predicted molar refractivity (Wildman–Crippen MR) is 57.3 cm³/mol. The minimum Gasteiger partial charge on any atom is -0.313 e. The summed E-state index contributed by atoms with van der Waals surface area (Å²) in [5.74, 6) is 1.98. The molecule has 2 N–H and O–H groups in total. The summed E-state index contributed by atoms with van der Waals surface area (Å²) >= 11 is 1.71. The zero-order chi connectivity index (χ0) is 9.80. The number of hydrogen-bond acceptors (Lipinski definition) is 4. The van der Waals surface area contributed by atoms with Gasteiger partial charge in [-0.25, -0.2) is 4.98 Å². The molecule has 0 amide bonds. The van der Waals surface area contributed by atoms with Crippen LogP contribution in [0.3, 0.4) is 0 Å². The first-order valence-corrected chi connectivity index (χ1v) is 6.06. The summed E-state index contributed by atoms with van der Waals surface area (Å²) in [5.41, 5.74) is 0. The van der Waals surface area contributed by atoms with E-state index in [0.29, 0.717) is 6.04 Å². The van der Waals surface area contributed by atoms with Crippen LogP contribution in [0.5, 0.6) is 0 Å². The number of aromatic nitrogens is 3. The number of nitrogens with zero attached hydrogens (tertiary/aromatic N) is 2. The van der Waals surface area contributed by atoms with Gasteiger partial charge in [-0.15, -0.1) is 0 Å². The van der Waals surface area contributed by atoms with Crippen molar-refractivity contribution in [3.63, 3.8) is 0 Å². The fourth-order valence-corrected chi connectivity index (χ4v) is 2.11. The molecule has 1 unspecified atom stereocenters. The first kappa shape index (κ1) is 9.98. The van der Waals surface area contributed by atoms with Crippen molar-refractivity contribution in [2.75, 3.05) is 12.3 Å². The van der Waals surface area contributed by atoms with Gasteiger partial charge in [0.25, 0.3) is 0 Å². The van der Waals surface area contributed by atoms with Crippen molar-refractivity contribution in [3.05, 3.63) is 6.33 Å². The zero-order valence-electron chi connectivity index (χ0n) is 8.36. The van der Waals surface area contributed by atoms with Crippen LogP contribution in [0.25, 0.3) is 0 Å². The first-order valence-electron chi connectivity index (χ1n) is 5.08. The van der Waals surface area contributed by atoms with Crippen molar-refractivity contribution in [3.8, 4) is 0 Å². The van der Waals surface area contributed by atoms with Gasteiger partial charge in [-0.1, -0.05) is 11.8 Å². The maximum atomic E-state index is 4.05. The second kappa shape index (κ2) is 4.79. The normalized spacial score (nSPS) is 18.4. The molecule has 1 aromatic heterocycles. The molecule has 0 bridgehead atoms. The highest BCUT2D eigenvalue weighted by atomic mass is 32.2. The van der Waals surface area contributed by atoms with E-state index >= 15 is 0 Å². The first-order chi connectivity index (χ1) is 6.86. The summed E-state index contributed by atoms with van der Waals surface area (Å²) in [5, 5.41) is 11.1. The van der Waals surface area contributed by atoms with Crippen LogP contribution >= 0.6 is 11.8 Å². The maximum absolute atomic E-state index is 4.05. The molecule has 0 spiro atoms. The predicted octanol–water partition coefficient (Wildman–Crippen LogP) is 1.28. The van der Waals surface area contributed by atoms with E-state index in [-0.39, 0.29) is 0 Å². The average molecular weight is 212 g/mol. The van der Waals surface area contributed by atoms with Crippen LogP contribution in [0.2, 0.25) is 0 Å². The lowest BCUT2D eigenvalue weighted by Crippen LogP contribution is -2.29. The fourth-order valence-electron chi connectivity index (χ4n) is 1.46. The van der Waals surface area contributed by atoms with Crippen LogP contribution in [0.1, 0.15) is 19.8 Å². The Bertz CT molecular complexity index is 258. The molecule has 78 valence electrons. The van der Waals surface area contributed by atoms with Gasteiger partial charge >= 0.3 is 0 Å². The van der Waals surface area contributed by atoms with Crippen LogP contribution in [-0.2, 0) is 0 Å². The number of nitrogens with one attached hydrogen (secondary N) is 2. The van der Waals surface area contributed by atoms with Crippen molar-refractivity contribution in [1.29, 1.82) is 0 Å². The van der Waals surface area contributed by atoms with Crippen LogP contribution in [0, 0.1) is 5.92 Å². The Labute approximate surface area is 88.3 Å². The van der Waals surface area contributed by atoms with Gasteiger partial charge < -0.3 is 5.32 Å². The van der Waals surface area contributed by atoms with Gasteiger partial charge in [-0.05, 0) is 25.7 Å². The molecule has 1 saturated carbocycles. The molecule has 5 heteroatoms. The summed E-state index contributed by atoms with van der Waals surface area (Å²) in [6.07, 6.45) is 4.36. The van der Waals surface area contributed by atoms with E-state index in [1.165, 1.54) is 12.8 Å². The molecule has 0 radical (unpaired) electrons. The SMILES string of the molecule is CC(NCCSc1ncn[nH]1)C1CC1. The Kier molecular flexibility index (Phi) is 3.42. The van der Waals surface area contributed by atoms with Crippen LogP contribution in [0.15, 0.2) is 11.5 Å². The lowest BCUT2D eigenvalue weighted by molar-refractivity contribution is 0.514. The largest absolute Gasteiger partial charge is 0.313 e. The average Bonchev–Trinajstić information content (AvgIpc) is 2.92. The van der Waals surface area contributed by atoms with Crippen LogP contribution in [0.4, 0.5) is 0 Å². The van der Waals surface area contributed by atoms with E-state index < -0.39 is 0 Å². The third-order valence-electron chi connectivity index (χ3n) is 2.53. The third-order valence-corrected chi connectivity index (χ3v) is 3.41. The Morgan fingerprint density at radius 1 is 1.71 bits per heavy atom. The summed E-state index contributed by atoms with van der Waals surface area (Å²) in [4.78, 5) is 4.05. The Morgan fingerprint density at radius 2 is 2.57 bits per heavy atom. The minimum atomic E-state index is 0.685. The smallest absolute Gasteiger partial charge is 0.183 e. The highest BCUT2D eigenvalue weighted by Crippen LogP contribution is 2.32. The monoisotopic (exact) mass is 212 g/mol. The molecule has 4 nitrogen and oxygen atoms in total. The van der Waals surface area contributed by atoms with Crippen molar-refractivity contribution in [2.45, 2.75) is 31.0 Å². The molecule has 1 aromatic rings. The molecule has 1 aliphatic rings. The molecule has 0 aliphatic heterocycles. The number of hydrogen-bond donors (Lipinski definition) is 2. The Balaban J connectivity index is 1.54. The van der Waals surface area contributed by atoms with E-state index in [1.807, 2.05) is 0 Å². The zero-order valence-corrected chi connectivity index (χ0v) is 9.18. The van der Waals surface area contributed by atoms with Gasteiger partial charge in [0.15, 0.2) is 5.16 Å². The third kappa shape index (κ3) is 2.99. The summed E-state index contributed by atoms with van der Waals surface area (Å²) in [7, 11) is 0. The van der Waals surface area contributed by atoms with Crippen molar-refractivity contribution in [2.24, 2.45) is 5.92 Å². The number of thioether (sulfide) groups is 1. The van der Waals surface area contributed by atoms with Gasteiger partial charge in [-0.3, -0.25) is 5.10 Å². The minimum absolute atomic E-state index is 0.685. The summed E-state index contributed by atoms with van der Waals surface area (Å²) in [6.45, 7) is 3.32. The highest BCUT2D eigenvalue weighted by molar-refractivity contribution is 7.99. The molecule has 0 aromatic carbocycles. The molecule has 14 heavy (non-hydrogen) atoms. The molecule has 2 rings (SSSR count). The molecular weight excluding hydrogens is 196 g/mol. The molecular formula is C9H16N4S. The summed E-state index contributed by atoms with van der Waals surface area (Å²) < 4.78 is 0. The fraction of sp³-hybridized carbons (Fsp3) is 0.778. The Morgan fingerprint density at radius 3 is 3.21 bits per heavy atom. The Hall–Kier alpha value is -0.550. The quantitative estimate of drug-likeness (QED) is 0.551. The van der Waals surface area contributed by atoms with E-state index in [0.717, 1.165) is 23.4 Å². The van der Waals surface area contributed by atoms with Gasteiger partial charge in [0, 0.05) is 18.3 Å². The lowest BCUT2D eigenvalue weighted by atomic mass is 10.2. The standard InChI is InChI=1S/C9H16N4S/c1-7(8-2-3-8)10-4-5-14-9-11-6-12-13-9/h6-8,10H,2-5H2,1H3,(H,11,12,13). The van der Waals surface area contributed by atoms with E-state index in [4.69, 9.17) is 0 Å². The van der Waals surface area contributed by atoms with E-state index in [9.17, 15) is 0 Å². The van der Waals surface area contributed by atoms with E-state index in [2.05, 4.69) is 27.4 Å². The van der Waals surface area contributed by atoms with Gasteiger partial charge in [0.05, 0.1) is 0 Å². The molecule has 1 heterocycles. The van der Waals surface area contributed by atoms with Crippen molar-refractivity contribution < 1.29 is 0 Å². The van der Waals surface area contributed by atoms with Gasteiger partial charge in [0.2, 0.25) is 0 Å². The molecule has 0 saturated heterocycles. The van der Waals surface area contributed by atoms with Crippen molar-refractivity contribution >= 4 is 11.8 Å². The van der Waals surface area contributed by atoms with Crippen molar-refractivity contribution in [1.82, 2.24) is 20.5 Å². The van der Waals surface area contributed by atoms with Gasteiger partial charge in [0.1, 0.15) is 6.33 Å². The number of rotatable bonds is 6. The highest BCUT2D eigenvalue weighted by Gasteiger charge is 2.27. The molecule has 1 aliphatic carbocycles. The van der Waals surface area contributed by atoms with Gasteiger partial charge in [-0.2, -0.15) is 5.10 Å². The van der Waals surface area contributed by atoms with E-state index in [1.54, 1.807) is 18.1 Å². The molecule has 1 atom stereocenters. The lowest BCUT2D eigenvalue weighted by Gasteiger charge is -2.11. The topological polar surface area (TPSA) is 53.6 Å². The maximum Gasteiger partial charge on any atom is 0.183 e. The second-order valence-corrected chi connectivity index (χ2v) is 4.80.